The van der Waals surface area contributed by atoms with Crippen molar-refractivity contribution in [2.45, 2.75) is 0 Å². The van der Waals surface area contributed by atoms with Crippen molar-refractivity contribution in [3.05, 3.63) is 58.1 Å². The van der Waals surface area contributed by atoms with Crippen LogP contribution in [0.1, 0.15) is 10.4 Å². The molecule has 0 radical (unpaired) electrons. The monoisotopic (exact) mass is 304 g/mol. The molecule has 0 fully saturated rings. The molecule has 0 saturated carbocycles. The van der Waals surface area contributed by atoms with Crippen LogP contribution in [0.5, 0.6) is 0 Å². The third kappa shape index (κ3) is 2.46. The molecule has 104 valence electrons. The van der Waals surface area contributed by atoms with E-state index < -0.39 is 51.0 Å². The molecule has 2 nitrogen and oxygen atoms in total. The Bertz CT molecular complexity index is 693. The molecule has 0 aliphatic carbocycles. The molecule has 7 heteroatoms. The van der Waals surface area contributed by atoms with E-state index in [1.54, 1.807) is 0 Å². The quantitative estimate of drug-likeness (QED) is 0.842. The van der Waals surface area contributed by atoms with E-state index >= 15 is 0 Å². The third-order valence-electron chi connectivity index (χ3n) is 2.56. The summed E-state index contributed by atoms with van der Waals surface area (Å²) in [5.74, 6) is -6.47. The number of carboxylic acids is 1. The van der Waals surface area contributed by atoms with E-state index in [0.29, 0.717) is 24.3 Å². The molecular formula is C13H5ClF4O2. The molecule has 0 saturated heterocycles. The van der Waals surface area contributed by atoms with Crippen molar-refractivity contribution in [2.75, 3.05) is 0 Å². The van der Waals surface area contributed by atoms with Crippen LogP contribution < -0.4 is 0 Å². The Hall–Kier alpha value is -2.08. The third-order valence-corrected chi connectivity index (χ3v) is 2.88. The van der Waals surface area contributed by atoms with Gasteiger partial charge in [0.1, 0.15) is 23.3 Å². The van der Waals surface area contributed by atoms with Gasteiger partial charge in [-0.15, -0.1) is 0 Å². The minimum atomic E-state index is -1.49. The van der Waals surface area contributed by atoms with Gasteiger partial charge in [0.05, 0.1) is 16.1 Å². The highest BCUT2D eigenvalue weighted by Gasteiger charge is 2.21. The van der Waals surface area contributed by atoms with Crippen LogP contribution in [0.2, 0.25) is 5.02 Å². The van der Waals surface area contributed by atoms with Crippen LogP contribution in [0.4, 0.5) is 17.6 Å². The molecular weight excluding hydrogens is 300 g/mol. The lowest BCUT2D eigenvalue weighted by Gasteiger charge is -2.09. The van der Waals surface area contributed by atoms with Crippen LogP contribution in [0.15, 0.2) is 24.3 Å². The molecule has 1 N–H and O–H groups in total. The fourth-order valence-corrected chi connectivity index (χ4v) is 1.94. The fourth-order valence-electron chi connectivity index (χ4n) is 1.70. The van der Waals surface area contributed by atoms with E-state index in [2.05, 4.69) is 0 Å². The molecule has 0 atom stereocenters. The topological polar surface area (TPSA) is 37.3 Å². The minimum Gasteiger partial charge on any atom is -0.478 e. The molecule has 2 rings (SSSR count). The predicted octanol–water partition coefficient (Wildman–Crippen LogP) is 4.26. The fraction of sp³-hybridized carbons (Fsp3) is 0. The largest absolute Gasteiger partial charge is 0.478 e. The summed E-state index contributed by atoms with van der Waals surface area (Å²) in [6.45, 7) is 0. The number of aromatic carboxylic acids is 1. The summed E-state index contributed by atoms with van der Waals surface area (Å²) in [5, 5.41) is 8.44. The van der Waals surface area contributed by atoms with E-state index in [4.69, 9.17) is 16.7 Å². The molecule has 2 aromatic rings. The summed E-state index contributed by atoms with van der Waals surface area (Å²) in [6, 6.07) is 2.06. The number of benzene rings is 2. The Morgan fingerprint density at radius 3 is 2.00 bits per heavy atom. The number of halogens is 5. The number of rotatable bonds is 2. The number of hydrogen-bond acceptors (Lipinski definition) is 1. The Kier molecular flexibility index (Phi) is 3.67. The van der Waals surface area contributed by atoms with E-state index in [-0.39, 0.29) is 0 Å². The molecule has 0 unspecified atom stereocenters. The molecule has 20 heavy (non-hydrogen) atoms. The van der Waals surface area contributed by atoms with Crippen LogP contribution in [-0.2, 0) is 0 Å². The lowest BCUT2D eigenvalue weighted by Crippen LogP contribution is -2.01. The lowest BCUT2D eigenvalue weighted by molar-refractivity contribution is 0.0697. The Morgan fingerprint density at radius 1 is 0.950 bits per heavy atom. The van der Waals surface area contributed by atoms with Gasteiger partial charge in [0, 0.05) is 17.7 Å². The van der Waals surface area contributed by atoms with E-state index in [0.717, 1.165) is 0 Å². The lowest BCUT2D eigenvalue weighted by atomic mass is 10.0. The molecule has 0 aliphatic rings. The van der Waals surface area contributed by atoms with Gasteiger partial charge in [0.25, 0.3) is 0 Å². The molecule has 0 amide bonds. The van der Waals surface area contributed by atoms with Gasteiger partial charge in [-0.05, 0) is 12.1 Å². The molecule has 0 spiro atoms. The van der Waals surface area contributed by atoms with Crippen molar-refractivity contribution in [3.8, 4) is 11.1 Å². The van der Waals surface area contributed by atoms with Gasteiger partial charge >= 0.3 is 5.97 Å². The highest BCUT2D eigenvalue weighted by molar-refractivity contribution is 6.33. The molecule has 0 aromatic heterocycles. The predicted molar refractivity (Wildman–Crippen MR) is 63.7 cm³/mol. The van der Waals surface area contributed by atoms with Gasteiger partial charge in [0.15, 0.2) is 0 Å². The normalized spacial score (nSPS) is 10.7. The van der Waals surface area contributed by atoms with Gasteiger partial charge in [0.2, 0.25) is 0 Å². The highest BCUT2D eigenvalue weighted by atomic mass is 35.5. The first-order valence-electron chi connectivity index (χ1n) is 5.18. The molecule has 2 aromatic carbocycles. The Labute approximate surface area is 115 Å². The summed E-state index contributed by atoms with van der Waals surface area (Å²) < 4.78 is 53.7. The highest BCUT2D eigenvalue weighted by Crippen LogP contribution is 2.32. The Morgan fingerprint density at radius 2 is 1.50 bits per heavy atom. The van der Waals surface area contributed by atoms with E-state index in [9.17, 15) is 22.4 Å². The maximum absolute atomic E-state index is 13.7. The zero-order chi connectivity index (χ0) is 15.0. The summed E-state index contributed by atoms with van der Waals surface area (Å²) in [5.41, 5.74) is -2.03. The van der Waals surface area contributed by atoms with E-state index in [1.165, 1.54) is 0 Å². The average molecular weight is 305 g/mol. The number of carbonyl (C=O) groups is 1. The summed E-state index contributed by atoms with van der Waals surface area (Å²) >= 11 is 5.52. The van der Waals surface area contributed by atoms with Crippen LogP contribution in [0, 0.1) is 23.3 Å². The SMILES string of the molecule is O=C(O)c1cc(-c2c(F)cc(F)cc2F)c(F)cc1Cl. The second-order valence-corrected chi connectivity index (χ2v) is 4.27. The number of carboxylic acid groups (broad SMARTS) is 1. The van der Waals surface area contributed by atoms with Gasteiger partial charge in [-0.25, -0.2) is 22.4 Å². The second-order valence-electron chi connectivity index (χ2n) is 3.86. The smallest absolute Gasteiger partial charge is 0.337 e. The molecule has 0 heterocycles. The van der Waals surface area contributed by atoms with Crippen LogP contribution in [0.3, 0.4) is 0 Å². The van der Waals surface area contributed by atoms with Crippen molar-refractivity contribution in [3.63, 3.8) is 0 Å². The summed E-state index contributed by atoms with van der Waals surface area (Å²) in [4.78, 5) is 10.9. The first kappa shape index (κ1) is 14.3. The standard InChI is InChI=1S/C13H5ClF4O2/c14-8-4-9(16)7(3-6(8)13(19)20)12-10(17)1-5(15)2-11(12)18/h1-4H,(H,19,20). The van der Waals surface area contributed by atoms with Gasteiger partial charge < -0.3 is 5.11 Å². The zero-order valence-corrected chi connectivity index (χ0v) is 10.3. The second kappa shape index (κ2) is 5.13. The van der Waals surface area contributed by atoms with Crippen LogP contribution >= 0.6 is 11.6 Å². The van der Waals surface area contributed by atoms with Crippen molar-refractivity contribution in [1.29, 1.82) is 0 Å². The van der Waals surface area contributed by atoms with Crippen molar-refractivity contribution < 1.29 is 27.5 Å². The number of hydrogen-bond donors (Lipinski definition) is 1. The molecule has 0 bridgehead atoms. The minimum absolute atomic E-state index is 0.368. The van der Waals surface area contributed by atoms with Gasteiger partial charge in [-0.2, -0.15) is 0 Å². The van der Waals surface area contributed by atoms with Gasteiger partial charge in [-0.3, -0.25) is 0 Å². The summed E-state index contributed by atoms with van der Waals surface area (Å²) in [7, 11) is 0. The maximum Gasteiger partial charge on any atom is 0.337 e. The van der Waals surface area contributed by atoms with Crippen molar-refractivity contribution in [1.82, 2.24) is 0 Å². The molecule has 0 aliphatic heterocycles. The van der Waals surface area contributed by atoms with Gasteiger partial charge in [-0.1, -0.05) is 11.6 Å². The van der Waals surface area contributed by atoms with Crippen molar-refractivity contribution >= 4 is 17.6 Å². The zero-order valence-electron chi connectivity index (χ0n) is 9.55. The van der Waals surface area contributed by atoms with Crippen LogP contribution in [-0.4, -0.2) is 11.1 Å². The summed E-state index contributed by atoms with van der Waals surface area (Å²) in [6.07, 6.45) is 0. The average Bonchev–Trinajstić information content (AvgIpc) is 2.29. The first-order chi connectivity index (χ1) is 9.31. The maximum atomic E-state index is 13.7. The van der Waals surface area contributed by atoms with E-state index in [1.807, 2.05) is 0 Å². The Balaban J connectivity index is 2.76. The van der Waals surface area contributed by atoms with Crippen LogP contribution in [0.25, 0.3) is 11.1 Å². The first-order valence-corrected chi connectivity index (χ1v) is 5.56. The van der Waals surface area contributed by atoms with Crippen molar-refractivity contribution in [2.24, 2.45) is 0 Å².